The summed E-state index contributed by atoms with van der Waals surface area (Å²) in [4.78, 5) is 37.5. The van der Waals surface area contributed by atoms with Gasteiger partial charge in [-0.3, -0.25) is 14.2 Å². The number of rotatable bonds is 5. The Morgan fingerprint density at radius 1 is 1.09 bits per heavy atom. The monoisotopic (exact) mass is 486 g/mol. The quantitative estimate of drug-likeness (QED) is 0.428. The van der Waals surface area contributed by atoms with Crippen LogP contribution in [-0.4, -0.2) is 38.1 Å². The van der Waals surface area contributed by atoms with Crippen LogP contribution in [0.25, 0.3) is 16.5 Å². The van der Waals surface area contributed by atoms with E-state index in [-0.39, 0.29) is 23.6 Å². The fraction of sp³-hybridized carbons (Fsp3) is 0.231. The number of carbonyl (C=O) groups is 1. The molecule has 4 aromatic rings. The average Bonchev–Trinajstić information content (AvgIpc) is 3.70. The van der Waals surface area contributed by atoms with Crippen molar-refractivity contribution in [2.24, 2.45) is 0 Å². The third-order valence-corrected chi connectivity index (χ3v) is 6.88. The highest BCUT2D eigenvalue weighted by Crippen LogP contribution is 2.35. The summed E-state index contributed by atoms with van der Waals surface area (Å²) < 4.78 is 1.66. The lowest BCUT2D eigenvalue weighted by Gasteiger charge is -2.30. The average molecular weight is 487 g/mol. The second kappa shape index (κ2) is 8.39. The molecule has 1 atom stereocenters. The molecule has 0 saturated heterocycles. The minimum atomic E-state index is -0.366. The Balaban J connectivity index is 1.47. The zero-order valence-electron chi connectivity index (χ0n) is 19.0. The molecule has 1 saturated carbocycles. The molecule has 1 unspecified atom stereocenters. The fourth-order valence-electron chi connectivity index (χ4n) is 4.67. The number of carbonyl (C=O) groups excluding carboxylic acids is 1. The molecule has 0 bridgehead atoms. The van der Waals surface area contributed by atoms with E-state index in [1.54, 1.807) is 10.6 Å². The van der Waals surface area contributed by atoms with Crippen LogP contribution in [0.1, 0.15) is 41.9 Å². The summed E-state index contributed by atoms with van der Waals surface area (Å²) >= 11 is 6.43. The number of pyridine rings is 1. The Kier molecular flexibility index (Phi) is 5.18. The van der Waals surface area contributed by atoms with Gasteiger partial charge in [-0.2, -0.15) is 0 Å². The van der Waals surface area contributed by atoms with Gasteiger partial charge in [0, 0.05) is 17.4 Å². The van der Waals surface area contributed by atoms with Crippen molar-refractivity contribution in [3.8, 4) is 5.69 Å². The molecule has 2 aromatic heterocycles. The summed E-state index contributed by atoms with van der Waals surface area (Å²) in [5.74, 6) is 0.869. The summed E-state index contributed by atoms with van der Waals surface area (Å²) in [6.07, 6.45) is 3.46. The highest BCUT2D eigenvalue weighted by atomic mass is 35.5. The van der Waals surface area contributed by atoms with E-state index in [9.17, 15) is 9.59 Å². The third-order valence-electron chi connectivity index (χ3n) is 6.56. The normalized spacial score (nSPS) is 16.1. The van der Waals surface area contributed by atoms with E-state index in [0.29, 0.717) is 34.3 Å². The van der Waals surface area contributed by atoms with E-state index in [1.807, 2.05) is 60.4 Å². The second-order valence-corrected chi connectivity index (χ2v) is 9.31. The van der Waals surface area contributed by atoms with E-state index in [1.165, 1.54) is 6.33 Å². The van der Waals surface area contributed by atoms with Gasteiger partial charge in [0.1, 0.15) is 23.5 Å². The molecule has 9 heteroatoms. The molecule has 6 rings (SSSR count). The number of para-hydroxylation sites is 1. The van der Waals surface area contributed by atoms with Crippen LogP contribution in [0.4, 0.5) is 11.6 Å². The molecule has 0 radical (unpaired) electrons. The molecular formula is C26H23ClN6O2. The number of benzene rings is 2. The van der Waals surface area contributed by atoms with Gasteiger partial charge in [0.05, 0.1) is 23.1 Å². The minimum absolute atomic E-state index is 0.0812. The first kappa shape index (κ1) is 21.6. The lowest BCUT2D eigenvalue weighted by molar-refractivity contribution is 0.0746. The SMILES string of the molecule is CC(Nc1ncnc2c1C(=O)N(C1CC1)CN2)c1cc2cccc(Cl)c2c(=O)n1-c1ccccc1. The summed E-state index contributed by atoms with van der Waals surface area (Å²) in [6, 6.07) is 16.7. The smallest absolute Gasteiger partial charge is 0.264 e. The lowest BCUT2D eigenvalue weighted by atomic mass is 10.1. The second-order valence-electron chi connectivity index (χ2n) is 8.90. The van der Waals surface area contributed by atoms with Crippen molar-refractivity contribution in [3.05, 3.63) is 87.6 Å². The first-order valence-corrected chi connectivity index (χ1v) is 12.0. The predicted octanol–water partition coefficient (Wildman–Crippen LogP) is 4.59. The Bertz CT molecular complexity index is 1520. The van der Waals surface area contributed by atoms with Gasteiger partial charge in [0.2, 0.25) is 0 Å². The van der Waals surface area contributed by atoms with Gasteiger partial charge in [0.15, 0.2) is 0 Å². The Labute approximate surface area is 206 Å². The van der Waals surface area contributed by atoms with Crippen molar-refractivity contribution in [2.75, 3.05) is 17.3 Å². The molecule has 1 aliphatic carbocycles. The number of hydrogen-bond acceptors (Lipinski definition) is 6. The van der Waals surface area contributed by atoms with E-state index >= 15 is 0 Å². The van der Waals surface area contributed by atoms with Crippen LogP contribution in [0, 0.1) is 0 Å². The van der Waals surface area contributed by atoms with Crippen molar-refractivity contribution >= 4 is 39.9 Å². The molecule has 8 nitrogen and oxygen atoms in total. The van der Waals surface area contributed by atoms with Crippen molar-refractivity contribution in [3.63, 3.8) is 0 Å². The molecule has 2 N–H and O–H groups in total. The minimum Gasteiger partial charge on any atom is -0.361 e. The van der Waals surface area contributed by atoms with Gasteiger partial charge in [-0.15, -0.1) is 0 Å². The van der Waals surface area contributed by atoms with E-state index in [0.717, 1.165) is 29.6 Å². The molecule has 2 aromatic carbocycles. The molecule has 3 heterocycles. The van der Waals surface area contributed by atoms with Gasteiger partial charge in [-0.25, -0.2) is 9.97 Å². The number of fused-ring (bicyclic) bond motifs is 2. The zero-order valence-corrected chi connectivity index (χ0v) is 19.8. The number of nitrogens with one attached hydrogen (secondary N) is 2. The molecule has 35 heavy (non-hydrogen) atoms. The maximum absolute atomic E-state index is 13.7. The summed E-state index contributed by atoms with van der Waals surface area (Å²) in [7, 11) is 0. The third kappa shape index (κ3) is 3.70. The van der Waals surface area contributed by atoms with Crippen LogP contribution >= 0.6 is 11.6 Å². The molecule has 1 aliphatic heterocycles. The number of aromatic nitrogens is 3. The molecular weight excluding hydrogens is 464 g/mol. The van der Waals surface area contributed by atoms with Gasteiger partial charge in [-0.05, 0) is 49.4 Å². The van der Waals surface area contributed by atoms with Crippen molar-refractivity contribution in [1.82, 2.24) is 19.4 Å². The predicted molar refractivity (Wildman–Crippen MR) is 136 cm³/mol. The van der Waals surface area contributed by atoms with Crippen LogP contribution in [-0.2, 0) is 0 Å². The molecule has 1 amide bonds. The van der Waals surface area contributed by atoms with Gasteiger partial charge >= 0.3 is 0 Å². The van der Waals surface area contributed by atoms with E-state index in [4.69, 9.17) is 11.6 Å². The maximum atomic E-state index is 13.7. The Hall–Kier alpha value is -3.91. The highest BCUT2D eigenvalue weighted by Gasteiger charge is 2.38. The molecule has 176 valence electrons. The van der Waals surface area contributed by atoms with Crippen LogP contribution in [0.15, 0.2) is 65.7 Å². The fourth-order valence-corrected chi connectivity index (χ4v) is 4.93. The lowest BCUT2D eigenvalue weighted by Crippen LogP contribution is -2.42. The highest BCUT2D eigenvalue weighted by molar-refractivity contribution is 6.35. The summed E-state index contributed by atoms with van der Waals surface area (Å²) in [5.41, 5.74) is 1.67. The van der Waals surface area contributed by atoms with Crippen molar-refractivity contribution in [1.29, 1.82) is 0 Å². The Morgan fingerprint density at radius 3 is 2.66 bits per heavy atom. The van der Waals surface area contributed by atoms with Crippen LogP contribution < -0.4 is 16.2 Å². The van der Waals surface area contributed by atoms with Crippen molar-refractivity contribution in [2.45, 2.75) is 31.8 Å². The topological polar surface area (TPSA) is 92.2 Å². The standard InChI is InChI=1S/C26H23ClN6O2/c1-15(31-24-22-23(28-13-29-24)30-14-32(25(22)34)17-10-11-17)20-12-16-6-5-9-19(27)21(16)26(35)33(20)18-7-3-2-4-8-18/h2-9,12-13,15,17H,10-11,14H2,1H3,(H2,28,29,30,31). The molecule has 1 fully saturated rings. The summed E-state index contributed by atoms with van der Waals surface area (Å²) in [5, 5.41) is 8.25. The maximum Gasteiger partial charge on any atom is 0.264 e. The van der Waals surface area contributed by atoms with Crippen molar-refractivity contribution < 1.29 is 4.79 Å². The number of hydrogen-bond donors (Lipinski definition) is 2. The zero-order chi connectivity index (χ0) is 24.1. The molecule has 0 spiro atoms. The van der Waals surface area contributed by atoms with Gasteiger partial charge in [-0.1, -0.05) is 41.9 Å². The van der Waals surface area contributed by atoms with Crippen LogP contribution in [0.5, 0.6) is 0 Å². The number of nitrogens with zero attached hydrogens (tertiary/aromatic N) is 4. The van der Waals surface area contributed by atoms with Gasteiger partial charge < -0.3 is 15.5 Å². The first-order chi connectivity index (χ1) is 17.0. The Morgan fingerprint density at radius 2 is 1.89 bits per heavy atom. The summed E-state index contributed by atoms with van der Waals surface area (Å²) in [6.45, 7) is 2.39. The van der Waals surface area contributed by atoms with E-state index in [2.05, 4.69) is 20.6 Å². The van der Waals surface area contributed by atoms with Crippen LogP contribution in [0.3, 0.4) is 0 Å². The van der Waals surface area contributed by atoms with Crippen LogP contribution in [0.2, 0.25) is 5.02 Å². The largest absolute Gasteiger partial charge is 0.361 e. The van der Waals surface area contributed by atoms with E-state index < -0.39 is 0 Å². The number of anilines is 2. The number of amides is 1. The number of halogens is 1. The first-order valence-electron chi connectivity index (χ1n) is 11.6. The van der Waals surface area contributed by atoms with Gasteiger partial charge in [0.25, 0.3) is 11.5 Å². The molecule has 2 aliphatic rings.